The van der Waals surface area contributed by atoms with Crippen molar-refractivity contribution in [3.63, 3.8) is 0 Å². The van der Waals surface area contributed by atoms with Crippen molar-refractivity contribution in [2.24, 2.45) is 5.41 Å². The number of amides is 1. The highest BCUT2D eigenvalue weighted by molar-refractivity contribution is 6.08. The van der Waals surface area contributed by atoms with Gasteiger partial charge in [-0.1, -0.05) is 37.3 Å². The molecule has 0 bridgehead atoms. The van der Waals surface area contributed by atoms with E-state index in [2.05, 4.69) is 24.5 Å². The van der Waals surface area contributed by atoms with Crippen LogP contribution in [0.15, 0.2) is 59.5 Å². The molecule has 2 aromatic heterocycles. The lowest BCUT2D eigenvalue weighted by Gasteiger charge is -2.44. The topological polar surface area (TPSA) is 124 Å². The molecule has 12 heteroatoms. The second-order valence-electron chi connectivity index (χ2n) is 15.2. The number of nitrogens with one attached hydrogen (secondary N) is 2. The Balaban J connectivity index is 0.977. The highest BCUT2D eigenvalue weighted by Gasteiger charge is 2.54. The van der Waals surface area contributed by atoms with E-state index in [4.69, 9.17) is 9.47 Å². The molecule has 8 rings (SSSR count). The Morgan fingerprint density at radius 2 is 1.85 bits per heavy atom. The predicted octanol–water partition coefficient (Wildman–Crippen LogP) is 4.95. The van der Waals surface area contributed by atoms with Crippen LogP contribution in [0, 0.1) is 11.2 Å². The van der Waals surface area contributed by atoms with E-state index in [1.165, 1.54) is 13.2 Å². The quantitative estimate of drug-likeness (QED) is 0.135. The number of fused-ring (bicyclic) bond motifs is 3. The van der Waals surface area contributed by atoms with Gasteiger partial charge in [0, 0.05) is 54.1 Å². The average Bonchev–Trinajstić information content (AvgIpc) is 3.65. The molecular formula is C40H44FN5O6. The zero-order valence-electron chi connectivity index (χ0n) is 29.8. The number of carbonyl (C=O) groups excluding carboxylic acids is 3. The summed E-state index contributed by atoms with van der Waals surface area (Å²) in [6, 6.07) is 13.8. The largest absolute Gasteiger partial charge is 0.492 e. The van der Waals surface area contributed by atoms with Crippen molar-refractivity contribution < 1.29 is 28.2 Å². The van der Waals surface area contributed by atoms with Crippen LogP contribution < -0.4 is 25.7 Å². The molecule has 1 unspecified atom stereocenters. The van der Waals surface area contributed by atoms with E-state index in [0.29, 0.717) is 54.3 Å². The third-order valence-electron chi connectivity index (χ3n) is 11.9. The molecule has 4 aromatic rings. The monoisotopic (exact) mass is 709 g/mol. The number of methoxy groups -OCH3 is 1. The molecule has 3 aliphatic heterocycles. The molecule has 2 aromatic carbocycles. The smallest absolute Gasteiger partial charge is 0.315 e. The third kappa shape index (κ3) is 5.58. The Morgan fingerprint density at radius 3 is 2.58 bits per heavy atom. The first kappa shape index (κ1) is 34.1. The lowest BCUT2D eigenvalue weighted by molar-refractivity contribution is -0.145. The summed E-state index contributed by atoms with van der Waals surface area (Å²) >= 11 is 0. The van der Waals surface area contributed by atoms with Crippen molar-refractivity contribution in [2.45, 2.75) is 70.0 Å². The number of rotatable bonds is 10. The normalized spacial score (nSPS) is 23.7. The molecule has 2 saturated heterocycles. The van der Waals surface area contributed by atoms with Crippen molar-refractivity contribution >= 4 is 34.3 Å². The number of hydrogen-bond donors (Lipinski definition) is 2. The maximum Gasteiger partial charge on any atom is 0.315 e. The van der Waals surface area contributed by atoms with Gasteiger partial charge in [0.2, 0.25) is 11.2 Å². The van der Waals surface area contributed by atoms with E-state index < -0.39 is 29.0 Å². The standard InChI is InChI=1S/C40H44FN5O6/c1-39-15-7-16-43-40(39,2)23-44(22-39)33-29(41)20-27-32(36(33)51-3)46(25-10-11-25)21-28(35(27)48)37(49)42-17-19-52-38(50)26-14-18-45-30(26)12-13-31(45)34(47)24-8-5-4-6-9-24/h4-6,8-9,12-13,20-21,25-26,43H,7,10-11,14-19,22-23H2,1-3H3,(H,42,49)/t26?,39-,40+/m1/s1. The van der Waals surface area contributed by atoms with E-state index in [1.54, 1.807) is 30.5 Å². The summed E-state index contributed by atoms with van der Waals surface area (Å²) < 4.78 is 31.4. The van der Waals surface area contributed by atoms with Crippen LogP contribution in [0.2, 0.25) is 0 Å². The van der Waals surface area contributed by atoms with E-state index >= 15 is 4.39 Å². The van der Waals surface area contributed by atoms with E-state index in [1.807, 2.05) is 32.2 Å². The summed E-state index contributed by atoms with van der Waals surface area (Å²) in [5, 5.41) is 6.47. The minimum Gasteiger partial charge on any atom is -0.492 e. The Bertz CT molecular complexity index is 2140. The Kier molecular flexibility index (Phi) is 8.47. The lowest BCUT2D eigenvalue weighted by atomic mass is 9.69. The van der Waals surface area contributed by atoms with Crippen LogP contribution in [0.5, 0.6) is 5.75 Å². The Hall–Kier alpha value is -4.97. The molecule has 11 nitrogen and oxygen atoms in total. The van der Waals surface area contributed by atoms with E-state index in [0.717, 1.165) is 37.9 Å². The van der Waals surface area contributed by atoms with Gasteiger partial charge < -0.3 is 34.1 Å². The molecule has 1 saturated carbocycles. The maximum absolute atomic E-state index is 16.2. The van der Waals surface area contributed by atoms with Gasteiger partial charge >= 0.3 is 5.97 Å². The maximum atomic E-state index is 16.2. The summed E-state index contributed by atoms with van der Waals surface area (Å²) in [5.74, 6) is -1.96. The predicted molar refractivity (Wildman–Crippen MR) is 194 cm³/mol. The van der Waals surface area contributed by atoms with Gasteiger partial charge in [0.25, 0.3) is 5.91 Å². The second kappa shape index (κ2) is 12.9. The minimum absolute atomic E-state index is 0.0197. The van der Waals surface area contributed by atoms with E-state index in [9.17, 15) is 19.2 Å². The molecule has 0 radical (unpaired) electrons. The van der Waals surface area contributed by atoms with E-state index in [-0.39, 0.29) is 46.9 Å². The summed E-state index contributed by atoms with van der Waals surface area (Å²) in [7, 11) is 1.50. The van der Waals surface area contributed by atoms with Crippen LogP contribution in [0.1, 0.15) is 90.0 Å². The van der Waals surface area contributed by atoms with Crippen molar-refractivity contribution in [3.05, 3.63) is 93.3 Å². The number of hydrogen-bond acceptors (Lipinski definition) is 8. The molecule has 1 aliphatic carbocycles. The van der Waals surface area contributed by atoms with Gasteiger partial charge in [0.05, 0.1) is 36.2 Å². The number of benzene rings is 2. The average molecular weight is 710 g/mol. The first-order valence-corrected chi connectivity index (χ1v) is 18.2. The van der Waals surface area contributed by atoms with Gasteiger partial charge in [-0.05, 0) is 63.8 Å². The molecule has 272 valence electrons. The van der Waals surface area contributed by atoms with Crippen molar-refractivity contribution in [3.8, 4) is 5.75 Å². The van der Waals surface area contributed by atoms with Crippen LogP contribution in [0.4, 0.5) is 10.1 Å². The molecule has 5 heterocycles. The van der Waals surface area contributed by atoms with Gasteiger partial charge in [-0.2, -0.15) is 0 Å². The van der Waals surface area contributed by atoms with Gasteiger partial charge in [0.15, 0.2) is 11.6 Å². The fourth-order valence-electron chi connectivity index (χ4n) is 8.71. The number of ketones is 1. The fourth-order valence-corrected chi connectivity index (χ4v) is 8.71. The number of ether oxygens (including phenoxy) is 2. The first-order chi connectivity index (χ1) is 25.0. The highest BCUT2D eigenvalue weighted by atomic mass is 19.1. The summed E-state index contributed by atoms with van der Waals surface area (Å²) in [5.41, 5.74) is 1.71. The zero-order valence-corrected chi connectivity index (χ0v) is 29.8. The third-order valence-corrected chi connectivity index (χ3v) is 11.9. The zero-order chi connectivity index (χ0) is 36.4. The molecule has 3 atom stereocenters. The summed E-state index contributed by atoms with van der Waals surface area (Å²) in [6.07, 6.45) is 5.87. The number of piperidine rings is 1. The molecular weight excluding hydrogens is 665 g/mol. The number of halogens is 1. The summed E-state index contributed by atoms with van der Waals surface area (Å²) in [4.78, 5) is 55.5. The SMILES string of the molecule is COc1c(N2C[C@@]3(C)CCCN[C@@]3(C)C2)c(F)cc2c(=O)c(C(=O)NCCOC(=O)C3CCn4c(C(=O)c5ccccc5)ccc43)cn(C3CC3)c12. The Morgan fingerprint density at radius 1 is 1.06 bits per heavy atom. The first-order valence-electron chi connectivity index (χ1n) is 18.2. The second-order valence-corrected chi connectivity index (χ2v) is 15.2. The van der Waals surface area contributed by atoms with Gasteiger partial charge in [-0.25, -0.2) is 4.39 Å². The number of anilines is 1. The van der Waals surface area contributed by atoms with Crippen molar-refractivity contribution in [1.82, 2.24) is 19.8 Å². The van der Waals surface area contributed by atoms with Crippen molar-refractivity contribution in [1.29, 1.82) is 0 Å². The van der Waals surface area contributed by atoms with Crippen LogP contribution in [0.25, 0.3) is 10.9 Å². The molecule has 0 spiro atoms. The van der Waals surface area contributed by atoms with Gasteiger partial charge in [-0.15, -0.1) is 0 Å². The Labute approximate surface area is 301 Å². The number of aromatic nitrogens is 2. The highest BCUT2D eigenvalue weighted by Crippen LogP contribution is 2.50. The summed E-state index contributed by atoms with van der Waals surface area (Å²) in [6.45, 7) is 7.01. The molecule has 1 amide bonds. The fraction of sp³-hybridized carbons (Fsp3) is 0.450. The minimum atomic E-state index is -0.629. The molecule has 52 heavy (non-hydrogen) atoms. The van der Waals surface area contributed by atoms with Crippen LogP contribution >= 0.6 is 0 Å². The van der Waals surface area contributed by atoms with Crippen LogP contribution in [-0.2, 0) is 16.1 Å². The van der Waals surface area contributed by atoms with Crippen LogP contribution in [-0.4, -0.2) is 72.2 Å². The number of esters is 1. The lowest BCUT2D eigenvalue weighted by Crippen LogP contribution is -2.58. The molecule has 4 aliphatic rings. The number of carbonyl (C=O) groups is 3. The molecule has 3 fully saturated rings. The van der Waals surface area contributed by atoms with Gasteiger partial charge in [0.1, 0.15) is 17.9 Å². The number of nitrogens with zero attached hydrogens (tertiary/aromatic N) is 3. The van der Waals surface area contributed by atoms with Gasteiger partial charge in [-0.3, -0.25) is 19.2 Å². The molecule has 2 N–H and O–H groups in total. The number of pyridine rings is 1. The van der Waals surface area contributed by atoms with Crippen molar-refractivity contribution in [2.75, 3.05) is 44.8 Å². The van der Waals surface area contributed by atoms with Crippen LogP contribution in [0.3, 0.4) is 0 Å².